The molecular weight excluding hydrogens is 418 g/mol. The summed E-state index contributed by atoms with van der Waals surface area (Å²) in [6, 6.07) is 11.4. The zero-order valence-corrected chi connectivity index (χ0v) is 19.1. The molecule has 1 fully saturated rings. The molecule has 0 aliphatic carbocycles. The Morgan fingerprint density at radius 3 is 2.79 bits per heavy atom. The third-order valence-corrected chi connectivity index (χ3v) is 6.25. The molecule has 9 heteroatoms. The molecule has 9 nitrogen and oxygen atoms in total. The highest BCUT2D eigenvalue weighted by Gasteiger charge is 2.21. The molecule has 33 heavy (non-hydrogen) atoms. The lowest BCUT2D eigenvalue weighted by Crippen LogP contribution is -2.44. The van der Waals surface area contributed by atoms with E-state index in [1.54, 1.807) is 12.4 Å². The van der Waals surface area contributed by atoms with Gasteiger partial charge in [-0.1, -0.05) is 6.07 Å². The molecule has 4 heterocycles. The molecule has 2 aromatic heterocycles. The molecule has 172 valence electrons. The topological polar surface area (TPSA) is 88.4 Å². The number of pyridine rings is 1. The normalized spacial score (nSPS) is 19.6. The van der Waals surface area contributed by atoms with Crippen molar-refractivity contribution in [3.63, 3.8) is 0 Å². The summed E-state index contributed by atoms with van der Waals surface area (Å²) in [5, 5.41) is 11.3. The van der Waals surface area contributed by atoms with Gasteiger partial charge in [0.1, 0.15) is 23.6 Å². The van der Waals surface area contributed by atoms with Crippen LogP contribution in [-0.4, -0.2) is 69.9 Å². The summed E-state index contributed by atoms with van der Waals surface area (Å²) in [6.45, 7) is 6.66. The molecular formula is C24H29N7O2. The quantitative estimate of drug-likeness (QED) is 0.614. The Hall–Kier alpha value is -3.46. The van der Waals surface area contributed by atoms with Crippen LogP contribution in [0.15, 0.2) is 42.7 Å². The van der Waals surface area contributed by atoms with Gasteiger partial charge in [-0.2, -0.15) is 0 Å². The number of nitrogens with one attached hydrogen (secondary N) is 1. The van der Waals surface area contributed by atoms with Gasteiger partial charge in [0.15, 0.2) is 5.82 Å². The van der Waals surface area contributed by atoms with Crippen molar-refractivity contribution in [3.8, 4) is 17.3 Å². The summed E-state index contributed by atoms with van der Waals surface area (Å²) in [6.07, 6.45) is 3.42. The minimum Gasteiger partial charge on any atom is -0.490 e. The molecule has 1 atom stereocenters. The van der Waals surface area contributed by atoms with E-state index in [1.807, 2.05) is 35.8 Å². The Bertz CT molecular complexity index is 1140. The van der Waals surface area contributed by atoms with E-state index < -0.39 is 0 Å². The number of hydrogen-bond donors (Lipinski definition) is 1. The minimum atomic E-state index is -0.239. The number of rotatable bonds is 1. The molecule has 0 spiro atoms. The van der Waals surface area contributed by atoms with E-state index in [2.05, 4.69) is 43.4 Å². The highest BCUT2D eigenvalue weighted by molar-refractivity contribution is 6.06. The van der Waals surface area contributed by atoms with Gasteiger partial charge in [0.25, 0.3) is 5.91 Å². The standard InChI is InChI=1S/C24H29N7O2/c1-17-5-4-10-31-16-25-28-23(31)20-6-3-7-22(26-20)27-24(32)19-15-18(8-9-21(19)33-17)30-13-11-29(2)12-14-30/h3,6-9,15-17H,4-5,10-14H2,1-2H3,(H,26,27,32)/t17-/m1/s1. The lowest BCUT2D eigenvalue weighted by Gasteiger charge is -2.34. The lowest BCUT2D eigenvalue weighted by molar-refractivity contribution is 0.101. The summed E-state index contributed by atoms with van der Waals surface area (Å²) in [5.41, 5.74) is 2.23. The molecule has 0 saturated carbocycles. The third-order valence-electron chi connectivity index (χ3n) is 6.25. The first-order valence-corrected chi connectivity index (χ1v) is 11.5. The number of benzene rings is 1. The van der Waals surface area contributed by atoms with Gasteiger partial charge in [-0.15, -0.1) is 10.2 Å². The van der Waals surface area contributed by atoms with Gasteiger partial charge in [-0.25, -0.2) is 4.98 Å². The molecule has 1 N–H and O–H groups in total. The number of anilines is 2. The summed E-state index contributed by atoms with van der Waals surface area (Å²) < 4.78 is 8.24. The Morgan fingerprint density at radius 2 is 1.94 bits per heavy atom. The van der Waals surface area contributed by atoms with Gasteiger partial charge in [0.05, 0.1) is 11.7 Å². The first kappa shape index (κ1) is 21.4. The van der Waals surface area contributed by atoms with Gasteiger partial charge in [0, 0.05) is 38.4 Å². The molecule has 2 bridgehead atoms. The zero-order valence-electron chi connectivity index (χ0n) is 19.1. The molecule has 5 rings (SSSR count). The molecule has 3 aromatic rings. The second-order valence-corrected chi connectivity index (χ2v) is 8.75. The number of nitrogens with zero attached hydrogens (tertiary/aromatic N) is 6. The number of carbonyl (C=O) groups is 1. The van der Waals surface area contributed by atoms with E-state index in [0.717, 1.165) is 51.3 Å². The average molecular weight is 448 g/mol. The van der Waals surface area contributed by atoms with Crippen LogP contribution >= 0.6 is 0 Å². The second-order valence-electron chi connectivity index (χ2n) is 8.75. The summed E-state index contributed by atoms with van der Waals surface area (Å²) in [4.78, 5) is 22.6. The Morgan fingerprint density at radius 1 is 1.09 bits per heavy atom. The van der Waals surface area contributed by atoms with Gasteiger partial charge in [0.2, 0.25) is 0 Å². The molecule has 1 amide bonds. The first-order valence-electron chi connectivity index (χ1n) is 11.5. The monoisotopic (exact) mass is 447 g/mol. The van der Waals surface area contributed by atoms with Crippen LogP contribution in [0.4, 0.5) is 11.5 Å². The van der Waals surface area contributed by atoms with Crippen molar-refractivity contribution >= 4 is 17.4 Å². The number of hydrogen-bond acceptors (Lipinski definition) is 7. The van der Waals surface area contributed by atoms with Crippen molar-refractivity contribution in [1.29, 1.82) is 0 Å². The van der Waals surface area contributed by atoms with E-state index in [4.69, 9.17) is 4.74 Å². The molecule has 0 unspecified atom stereocenters. The fraction of sp³-hybridized carbons (Fsp3) is 0.417. The average Bonchev–Trinajstić information content (AvgIpc) is 3.28. The van der Waals surface area contributed by atoms with Crippen LogP contribution in [-0.2, 0) is 6.54 Å². The van der Waals surface area contributed by atoms with Crippen LogP contribution in [0.3, 0.4) is 0 Å². The zero-order chi connectivity index (χ0) is 22.8. The maximum absolute atomic E-state index is 13.4. The molecule has 1 saturated heterocycles. The predicted molar refractivity (Wildman–Crippen MR) is 127 cm³/mol. The van der Waals surface area contributed by atoms with Crippen molar-refractivity contribution in [2.24, 2.45) is 0 Å². The van der Waals surface area contributed by atoms with Crippen LogP contribution in [0.2, 0.25) is 0 Å². The van der Waals surface area contributed by atoms with Gasteiger partial charge >= 0.3 is 0 Å². The van der Waals surface area contributed by atoms with Crippen molar-refractivity contribution in [3.05, 3.63) is 48.3 Å². The predicted octanol–water partition coefficient (Wildman–Crippen LogP) is 2.91. The maximum atomic E-state index is 13.4. The highest BCUT2D eigenvalue weighted by Crippen LogP contribution is 2.29. The first-order chi connectivity index (χ1) is 16.1. The summed E-state index contributed by atoms with van der Waals surface area (Å²) >= 11 is 0. The lowest BCUT2D eigenvalue weighted by atomic mass is 10.1. The number of carbonyl (C=O) groups excluding carboxylic acids is 1. The van der Waals surface area contributed by atoms with Crippen LogP contribution in [0.1, 0.15) is 30.1 Å². The van der Waals surface area contributed by atoms with Crippen LogP contribution in [0.5, 0.6) is 5.75 Å². The number of aryl methyl sites for hydroxylation is 1. The smallest absolute Gasteiger partial charge is 0.260 e. The SMILES string of the molecule is C[C@@H]1CCCn2cnnc2-c2cccc(n2)NC(=O)c2cc(N3CCN(C)CC3)ccc2O1. The summed E-state index contributed by atoms with van der Waals surface area (Å²) in [5.74, 6) is 1.51. The number of likely N-dealkylation sites (N-methyl/N-ethyl adjacent to an activating group) is 1. The Kier molecular flexibility index (Phi) is 5.95. The number of piperazine rings is 1. The maximum Gasteiger partial charge on any atom is 0.260 e. The van der Waals surface area contributed by atoms with Crippen molar-refractivity contribution in [2.75, 3.05) is 43.4 Å². The van der Waals surface area contributed by atoms with Crippen LogP contribution in [0.25, 0.3) is 11.5 Å². The van der Waals surface area contributed by atoms with Crippen molar-refractivity contribution in [1.82, 2.24) is 24.6 Å². The van der Waals surface area contributed by atoms with Gasteiger partial charge in [-0.05, 0) is 57.1 Å². The Labute approximate surface area is 193 Å². The van der Waals surface area contributed by atoms with E-state index in [0.29, 0.717) is 28.6 Å². The van der Waals surface area contributed by atoms with Gasteiger partial charge in [-0.3, -0.25) is 4.79 Å². The largest absolute Gasteiger partial charge is 0.490 e. The Balaban J connectivity index is 1.50. The van der Waals surface area contributed by atoms with Gasteiger partial charge < -0.3 is 24.4 Å². The molecule has 2 aliphatic heterocycles. The highest BCUT2D eigenvalue weighted by atomic mass is 16.5. The summed E-state index contributed by atoms with van der Waals surface area (Å²) in [7, 11) is 2.13. The van der Waals surface area contributed by atoms with E-state index in [9.17, 15) is 4.79 Å². The van der Waals surface area contributed by atoms with Crippen molar-refractivity contribution < 1.29 is 9.53 Å². The van der Waals surface area contributed by atoms with E-state index in [1.165, 1.54) is 0 Å². The number of ether oxygens (including phenoxy) is 1. The van der Waals surface area contributed by atoms with Crippen LogP contribution < -0.4 is 15.0 Å². The van der Waals surface area contributed by atoms with Crippen molar-refractivity contribution in [2.45, 2.75) is 32.4 Å². The molecule has 1 aromatic carbocycles. The fourth-order valence-electron chi connectivity index (χ4n) is 4.31. The molecule has 0 radical (unpaired) electrons. The van der Waals surface area contributed by atoms with E-state index in [-0.39, 0.29) is 12.0 Å². The van der Waals surface area contributed by atoms with Crippen LogP contribution in [0, 0.1) is 0 Å². The fourth-order valence-corrected chi connectivity index (χ4v) is 4.31. The third kappa shape index (κ3) is 4.68. The number of fused-ring (bicyclic) bond motifs is 5. The minimum absolute atomic E-state index is 0.0372. The number of amides is 1. The molecule has 2 aliphatic rings. The number of aromatic nitrogens is 4. The van der Waals surface area contributed by atoms with E-state index >= 15 is 0 Å². The second kappa shape index (κ2) is 9.19.